The van der Waals surface area contributed by atoms with Crippen molar-refractivity contribution < 1.29 is 42.5 Å². The van der Waals surface area contributed by atoms with Crippen molar-refractivity contribution in [2.24, 2.45) is 33.5 Å². The monoisotopic (exact) mass is 598 g/mol. The first kappa shape index (κ1) is 31.3. The molecule has 0 bridgehead atoms. The van der Waals surface area contributed by atoms with Crippen LogP contribution in [0.1, 0.15) is 99.5 Å². The van der Waals surface area contributed by atoms with Gasteiger partial charge in [0, 0.05) is 56.3 Å². The van der Waals surface area contributed by atoms with Gasteiger partial charge in [0.05, 0.1) is 12.5 Å². The zero-order valence-electron chi connectivity index (χ0n) is 26.9. The lowest BCUT2D eigenvalue weighted by molar-refractivity contribution is -0.297. The number of ether oxygens (including phenoxy) is 4. The lowest BCUT2D eigenvalue weighted by Gasteiger charge is -2.71. The second-order valence-corrected chi connectivity index (χ2v) is 14.5. The highest BCUT2D eigenvalue weighted by atomic mass is 16.6. The minimum Gasteiger partial charge on any atom is -0.472 e. The summed E-state index contributed by atoms with van der Waals surface area (Å²) in [5, 5.41) is 0. The van der Waals surface area contributed by atoms with E-state index in [2.05, 4.69) is 26.8 Å². The largest absolute Gasteiger partial charge is 0.472 e. The van der Waals surface area contributed by atoms with Gasteiger partial charge in [-0.3, -0.25) is 19.2 Å². The molecule has 9 heteroatoms. The number of hydrogen-bond donors (Lipinski definition) is 0. The van der Waals surface area contributed by atoms with Crippen LogP contribution in [0.25, 0.3) is 0 Å². The number of rotatable bonds is 5. The van der Waals surface area contributed by atoms with Crippen LogP contribution in [0, 0.1) is 33.5 Å². The number of furan rings is 1. The SMILES string of the molecule is CC(=O)OC1C(OC(C)=O)C2(C)C3=CCC(c4ccoc4)C3(C)CCC2C2(C)C(OC(C)=O)CC(OC(C)=O)C(C)(C)C12. The second-order valence-electron chi connectivity index (χ2n) is 14.5. The number of esters is 4. The quantitative estimate of drug-likeness (QED) is 0.232. The average Bonchev–Trinajstić information content (AvgIpc) is 3.51. The third-order valence-corrected chi connectivity index (χ3v) is 11.7. The number of fused-ring (bicyclic) bond motifs is 5. The highest BCUT2D eigenvalue weighted by Crippen LogP contribution is 2.74. The van der Waals surface area contributed by atoms with Crippen molar-refractivity contribution in [3.8, 4) is 0 Å². The van der Waals surface area contributed by atoms with E-state index < -0.39 is 70.5 Å². The lowest BCUT2D eigenvalue weighted by Crippen LogP contribution is -2.75. The molecule has 1 aromatic rings. The standard InChI is InChI=1S/C34H46O9/c1-18(35)40-26-16-27(41-19(2)36)34(9)25-12-14-32(7)23(22-13-15-39-17-22)10-11-24(32)33(25,8)30(43-21(4)38)28(42-20(3)37)29(34)31(26,5)6/h11,13,15,17,23,25-30H,10,12,14,16H2,1-9H3. The van der Waals surface area contributed by atoms with Crippen molar-refractivity contribution in [1.29, 1.82) is 0 Å². The van der Waals surface area contributed by atoms with Gasteiger partial charge in [-0.2, -0.15) is 0 Å². The van der Waals surface area contributed by atoms with E-state index in [1.54, 1.807) is 12.5 Å². The maximum atomic E-state index is 12.9. The molecule has 3 fully saturated rings. The number of hydrogen-bond acceptors (Lipinski definition) is 9. The molecule has 236 valence electrons. The third kappa shape index (κ3) is 4.63. The van der Waals surface area contributed by atoms with Crippen LogP contribution in [0.4, 0.5) is 0 Å². The van der Waals surface area contributed by atoms with Crippen LogP contribution in [-0.4, -0.2) is 48.3 Å². The van der Waals surface area contributed by atoms with Crippen molar-refractivity contribution in [3.63, 3.8) is 0 Å². The molecule has 4 aliphatic rings. The number of allylic oxidation sites excluding steroid dienone is 1. The van der Waals surface area contributed by atoms with Gasteiger partial charge in [-0.25, -0.2) is 0 Å². The molecule has 1 aromatic heterocycles. The van der Waals surface area contributed by atoms with Gasteiger partial charge in [-0.15, -0.1) is 0 Å². The van der Waals surface area contributed by atoms with Crippen molar-refractivity contribution in [2.45, 2.75) is 118 Å². The predicted molar refractivity (Wildman–Crippen MR) is 155 cm³/mol. The van der Waals surface area contributed by atoms with E-state index >= 15 is 0 Å². The Morgan fingerprint density at radius 1 is 0.837 bits per heavy atom. The fraction of sp³-hybridized carbons (Fsp3) is 0.706. The fourth-order valence-corrected chi connectivity index (χ4v) is 10.4. The molecular weight excluding hydrogens is 552 g/mol. The highest BCUT2D eigenvalue weighted by molar-refractivity contribution is 5.69. The summed E-state index contributed by atoms with van der Waals surface area (Å²) in [6.45, 7) is 16.0. The second kappa shape index (κ2) is 10.5. The molecule has 43 heavy (non-hydrogen) atoms. The topological polar surface area (TPSA) is 118 Å². The number of carbonyl (C=O) groups excluding carboxylic acids is 4. The molecule has 4 aliphatic carbocycles. The van der Waals surface area contributed by atoms with E-state index in [1.165, 1.54) is 33.3 Å². The summed E-state index contributed by atoms with van der Waals surface area (Å²) in [6.07, 6.45) is 5.55. The Morgan fingerprint density at radius 3 is 2.00 bits per heavy atom. The summed E-state index contributed by atoms with van der Waals surface area (Å²) in [5.74, 6) is -2.27. The zero-order valence-corrected chi connectivity index (χ0v) is 26.9. The Bertz CT molecular complexity index is 1330. The lowest BCUT2D eigenvalue weighted by atomic mass is 9.35. The summed E-state index contributed by atoms with van der Waals surface area (Å²) in [7, 11) is 0. The maximum Gasteiger partial charge on any atom is 0.303 e. The molecule has 0 N–H and O–H groups in total. The van der Waals surface area contributed by atoms with Gasteiger partial charge in [0.1, 0.15) is 24.4 Å². The van der Waals surface area contributed by atoms with Gasteiger partial charge < -0.3 is 23.4 Å². The van der Waals surface area contributed by atoms with Crippen LogP contribution in [0.5, 0.6) is 0 Å². The molecule has 0 aliphatic heterocycles. The van der Waals surface area contributed by atoms with Gasteiger partial charge >= 0.3 is 23.9 Å². The maximum absolute atomic E-state index is 12.9. The van der Waals surface area contributed by atoms with E-state index in [9.17, 15) is 19.2 Å². The molecule has 0 aromatic carbocycles. The molecule has 3 saturated carbocycles. The van der Waals surface area contributed by atoms with Crippen LogP contribution < -0.4 is 0 Å². The Hall–Kier alpha value is -3.10. The van der Waals surface area contributed by atoms with Crippen molar-refractivity contribution >= 4 is 23.9 Å². The highest BCUT2D eigenvalue weighted by Gasteiger charge is 2.76. The molecule has 0 radical (unpaired) electrons. The molecule has 10 atom stereocenters. The third-order valence-electron chi connectivity index (χ3n) is 11.7. The minimum absolute atomic E-state index is 0.120. The molecule has 0 saturated heterocycles. The molecule has 10 unspecified atom stereocenters. The molecular formula is C34H46O9. The molecule has 0 amide bonds. The average molecular weight is 599 g/mol. The Balaban J connectivity index is 1.76. The predicted octanol–water partition coefficient (Wildman–Crippen LogP) is 5.91. The van der Waals surface area contributed by atoms with E-state index in [0.717, 1.165) is 24.8 Å². The van der Waals surface area contributed by atoms with E-state index in [-0.39, 0.29) is 17.3 Å². The van der Waals surface area contributed by atoms with Crippen LogP contribution in [0.3, 0.4) is 0 Å². The van der Waals surface area contributed by atoms with Gasteiger partial charge in [0.25, 0.3) is 0 Å². The van der Waals surface area contributed by atoms with Crippen LogP contribution in [0.2, 0.25) is 0 Å². The summed E-state index contributed by atoms with van der Waals surface area (Å²) >= 11 is 0. The fourth-order valence-electron chi connectivity index (χ4n) is 10.4. The number of carbonyl (C=O) groups is 4. The van der Waals surface area contributed by atoms with Gasteiger partial charge in [0.2, 0.25) is 0 Å². The first-order chi connectivity index (χ1) is 20.0. The molecule has 0 spiro atoms. The van der Waals surface area contributed by atoms with Crippen LogP contribution in [-0.2, 0) is 38.1 Å². The Kier molecular flexibility index (Phi) is 7.66. The Labute approximate surface area is 254 Å². The first-order valence-corrected chi connectivity index (χ1v) is 15.4. The van der Waals surface area contributed by atoms with Crippen LogP contribution >= 0.6 is 0 Å². The first-order valence-electron chi connectivity index (χ1n) is 15.4. The van der Waals surface area contributed by atoms with Gasteiger partial charge in [-0.05, 0) is 48.1 Å². The van der Waals surface area contributed by atoms with Gasteiger partial charge in [0.15, 0.2) is 0 Å². The van der Waals surface area contributed by atoms with E-state index in [4.69, 9.17) is 23.4 Å². The summed E-state index contributed by atoms with van der Waals surface area (Å²) in [5.41, 5.74) is -0.192. The van der Waals surface area contributed by atoms with E-state index in [0.29, 0.717) is 6.42 Å². The van der Waals surface area contributed by atoms with Crippen LogP contribution in [0.15, 0.2) is 34.7 Å². The van der Waals surface area contributed by atoms with Crippen molar-refractivity contribution in [3.05, 3.63) is 35.8 Å². The minimum atomic E-state index is -0.893. The molecule has 1 heterocycles. The Morgan fingerprint density at radius 2 is 1.44 bits per heavy atom. The van der Waals surface area contributed by atoms with Crippen molar-refractivity contribution in [1.82, 2.24) is 0 Å². The zero-order chi connectivity index (χ0) is 31.7. The summed E-state index contributed by atoms with van der Waals surface area (Å²) < 4.78 is 30.0. The van der Waals surface area contributed by atoms with E-state index in [1.807, 2.05) is 19.9 Å². The smallest absolute Gasteiger partial charge is 0.303 e. The van der Waals surface area contributed by atoms with Gasteiger partial charge in [-0.1, -0.05) is 46.3 Å². The van der Waals surface area contributed by atoms with Crippen molar-refractivity contribution in [2.75, 3.05) is 0 Å². The summed E-state index contributed by atoms with van der Waals surface area (Å²) in [6, 6.07) is 2.01. The summed E-state index contributed by atoms with van der Waals surface area (Å²) in [4.78, 5) is 50.7. The normalized spacial score (nSPS) is 41.0. The molecule has 5 rings (SSSR count). The molecule has 9 nitrogen and oxygen atoms in total.